The summed E-state index contributed by atoms with van der Waals surface area (Å²) in [4.78, 5) is 15.2. The molecule has 2 aromatic heterocycles. The van der Waals surface area contributed by atoms with Crippen LogP contribution in [-0.4, -0.2) is 33.6 Å². The van der Waals surface area contributed by atoms with E-state index in [-0.39, 0.29) is 21.8 Å². The number of ether oxygens (including phenoxy) is 1. The zero-order valence-corrected chi connectivity index (χ0v) is 12.8. The lowest BCUT2D eigenvalue weighted by Crippen LogP contribution is -2.07. The van der Waals surface area contributed by atoms with Gasteiger partial charge in [-0.25, -0.2) is 4.98 Å². The molecule has 2 heterocycles. The van der Waals surface area contributed by atoms with Gasteiger partial charge in [-0.3, -0.25) is 9.48 Å². The minimum absolute atomic E-state index is 0.0237. The van der Waals surface area contributed by atoms with Gasteiger partial charge in [0.25, 0.3) is 0 Å². The second-order valence-corrected chi connectivity index (χ2v) is 5.50. The molecule has 0 aliphatic carbocycles. The van der Waals surface area contributed by atoms with Crippen LogP contribution in [0.5, 0.6) is 0 Å². The zero-order chi connectivity index (χ0) is 16.3. The average Bonchev–Trinajstić information content (AvgIpc) is 2.85. The van der Waals surface area contributed by atoms with Crippen LogP contribution in [0.4, 0.5) is 13.2 Å². The number of carbonyl (C=O) groups is 1. The number of thioether (sulfide) groups is 1. The monoisotopic (exact) mass is 333 g/mol. The van der Waals surface area contributed by atoms with Crippen LogP contribution in [0.15, 0.2) is 17.3 Å². The fourth-order valence-corrected chi connectivity index (χ4v) is 2.60. The highest BCUT2D eigenvalue weighted by Gasteiger charge is 2.34. The Balaban J connectivity index is 2.44. The Kier molecular flexibility index (Phi) is 4.94. The quantitative estimate of drug-likeness (QED) is 0.621. The van der Waals surface area contributed by atoms with E-state index in [1.54, 1.807) is 0 Å². The number of rotatable bonds is 5. The van der Waals surface area contributed by atoms with Crippen LogP contribution in [0.3, 0.4) is 0 Å². The van der Waals surface area contributed by atoms with E-state index < -0.39 is 17.7 Å². The van der Waals surface area contributed by atoms with Gasteiger partial charge < -0.3 is 4.74 Å². The fourth-order valence-electron chi connectivity index (χ4n) is 1.87. The molecule has 0 bridgehead atoms. The van der Waals surface area contributed by atoms with Crippen LogP contribution in [0.2, 0.25) is 0 Å². The molecule has 5 nitrogen and oxygen atoms in total. The summed E-state index contributed by atoms with van der Waals surface area (Å²) in [6.07, 6.45) is -2.41. The van der Waals surface area contributed by atoms with Gasteiger partial charge in [0, 0.05) is 12.7 Å². The van der Waals surface area contributed by atoms with E-state index >= 15 is 0 Å². The van der Waals surface area contributed by atoms with Crippen LogP contribution in [0.1, 0.15) is 18.9 Å². The predicted octanol–water partition coefficient (Wildman–Crippen LogP) is 3.13. The van der Waals surface area contributed by atoms with E-state index in [9.17, 15) is 18.0 Å². The normalized spacial score (nSPS) is 11.9. The van der Waals surface area contributed by atoms with E-state index in [0.29, 0.717) is 6.54 Å². The molecule has 0 amide bonds. The minimum atomic E-state index is -4.51. The molecule has 22 heavy (non-hydrogen) atoms. The van der Waals surface area contributed by atoms with Gasteiger partial charge in [0.05, 0.1) is 28.8 Å². The number of hydrogen-bond donors (Lipinski definition) is 0. The van der Waals surface area contributed by atoms with Crippen molar-refractivity contribution in [1.29, 1.82) is 0 Å². The summed E-state index contributed by atoms with van der Waals surface area (Å²) in [7, 11) is 1.22. The highest BCUT2D eigenvalue weighted by Crippen LogP contribution is 2.36. The number of hydrogen-bond acceptors (Lipinski definition) is 5. The summed E-state index contributed by atoms with van der Waals surface area (Å²) in [6, 6.07) is 0.938. The standard InChI is InChI=1S/C13H14F3N3O2S/c1-3-4-19-6-8-9(13(14,15)16)5-10(17-12(8)18-19)22-7-11(20)21-2/h5-6H,3-4,7H2,1-2H3. The molecular weight excluding hydrogens is 319 g/mol. The van der Waals surface area contributed by atoms with Crippen molar-refractivity contribution in [2.24, 2.45) is 0 Å². The third-order valence-corrected chi connectivity index (χ3v) is 3.72. The van der Waals surface area contributed by atoms with Crippen molar-refractivity contribution in [3.8, 4) is 0 Å². The van der Waals surface area contributed by atoms with Crippen molar-refractivity contribution in [3.05, 3.63) is 17.8 Å². The van der Waals surface area contributed by atoms with Gasteiger partial charge in [-0.1, -0.05) is 18.7 Å². The van der Waals surface area contributed by atoms with E-state index in [1.807, 2.05) is 6.92 Å². The van der Waals surface area contributed by atoms with Gasteiger partial charge in [-0.2, -0.15) is 18.3 Å². The third kappa shape index (κ3) is 3.70. The number of aromatic nitrogens is 3. The molecular formula is C13H14F3N3O2S. The molecule has 9 heteroatoms. The molecule has 2 rings (SSSR count). The van der Waals surface area contributed by atoms with E-state index in [2.05, 4.69) is 14.8 Å². The zero-order valence-electron chi connectivity index (χ0n) is 12.0. The van der Waals surface area contributed by atoms with Gasteiger partial charge in [0.15, 0.2) is 5.65 Å². The number of carbonyl (C=O) groups excluding carboxylic acids is 1. The first-order valence-corrected chi connectivity index (χ1v) is 7.48. The lowest BCUT2D eigenvalue weighted by molar-refractivity contribution is -0.137. The molecule has 0 radical (unpaired) electrons. The number of methoxy groups -OCH3 is 1. The van der Waals surface area contributed by atoms with Crippen molar-refractivity contribution in [2.45, 2.75) is 31.1 Å². The number of aryl methyl sites for hydroxylation is 1. The van der Waals surface area contributed by atoms with Crippen LogP contribution < -0.4 is 0 Å². The van der Waals surface area contributed by atoms with Crippen LogP contribution >= 0.6 is 11.8 Å². The maximum absolute atomic E-state index is 13.2. The van der Waals surface area contributed by atoms with Gasteiger partial charge in [-0.15, -0.1) is 0 Å². The summed E-state index contributed by atoms with van der Waals surface area (Å²) in [5.41, 5.74) is -0.775. The van der Waals surface area contributed by atoms with E-state index in [4.69, 9.17) is 0 Å². The van der Waals surface area contributed by atoms with Crippen LogP contribution in [0, 0.1) is 0 Å². The Morgan fingerprint density at radius 1 is 1.45 bits per heavy atom. The molecule has 0 saturated heterocycles. The second-order valence-electron chi connectivity index (χ2n) is 4.50. The van der Waals surface area contributed by atoms with Crippen molar-refractivity contribution >= 4 is 28.8 Å². The molecule has 0 spiro atoms. The van der Waals surface area contributed by atoms with Gasteiger partial charge >= 0.3 is 12.1 Å². The first-order chi connectivity index (χ1) is 10.3. The highest BCUT2D eigenvalue weighted by molar-refractivity contribution is 7.99. The maximum Gasteiger partial charge on any atom is 0.417 e. The lowest BCUT2D eigenvalue weighted by Gasteiger charge is -2.09. The number of alkyl halides is 3. The van der Waals surface area contributed by atoms with Crippen molar-refractivity contribution < 1.29 is 22.7 Å². The van der Waals surface area contributed by atoms with Gasteiger partial charge in [0.1, 0.15) is 0 Å². The number of pyridine rings is 1. The maximum atomic E-state index is 13.2. The van der Waals surface area contributed by atoms with Gasteiger partial charge in [0.2, 0.25) is 0 Å². The third-order valence-electron chi connectivity index (χ3n) is 2.84. The van der Waals surface area contributed by atoms with Crippen LogP contribution in [0.25, 0.3) is 11.0 Å². The highest BCUT2D eigenvalue weighted by atomic mass is 32.2. The molecule has 120 valence electrons. The number of fused-ring (bicyclic) bond motifs is 1. The molecule has 2 aromatic rings. The molecule has 0 unspecified atom stereocenters. The Hall–Kier alpha value is -1.77. The fraction of sp³-hybridized carbons (Fsp3) is 0.462. The summed E-state index contributed by atoms with van der Waals surface area (Å²) >= 11 is 0.886. The first-order valence-electron chi connectivity index (χ1n) is 6.50. The first kappa shape index (κ1) is 16.6. The summed E-state index contributed by atoms with van der Waals surface area (Å²) < 4.78 is 45.5. The molecule has 0 aromatic carbocycles. The number of nitrogens with zero attached hydrogens (tertiary/aromatic N) is 3. The van der Waals surface area contributed by atoms with Crippen molar-refractivity contribution in [2.75, 3.05) is 12.9 Å². The molecule has 0 aliphatic heterocycles. The topological polar surface area (TPSA) is 57.0 Å². The predicted molar refractivity (Wildman–Crippen MR) is 75.6 cm³/mol. The smallest absolute Gasteiger partial charge is 0.417 e. The molecule has 0 saturated carbocycles. The largest absolute Gasteiger partial charge is 0.468 e. The lowest BCUT2D eigenvalue weighted by atomic mass is 10.2. The molecule has 0 N–H and O–H groups in total. The van der Waals surface area contributed by atoms with Crippen molar-refractivity contribution in [3.63, 3.8) is 0 Å². The van der Waals surface area contributed by atoms with E-state index in [0.717, 1.165) is 24.2 Å². The number of esters is 1. The van der Waals surface area contributed by atoms with Gasteiger partial charge in [-0.05, 0) is 12.5 Å². The Bertz CT molecular complexity index is 685. The van der Waals surface area contributed by atoms with Crippen LogP contribution in [-0.2, 0) is 22.3 Å². The summed E-state index contributed by atoms with van der Waals surface area (Å²) in [6.45, 7) is 2.42. The Morgan fingerprint density at radius 3 is 2.77 bits per heavy atom. The molecule has 0 aliphatic rings. The molecule has 0 fully saturated rings. The Labute approximate surface area is 128 Å². The Morgan fingerprint density at radius 2 is 2.18 bits per heavy atom. The summed E-state index contributed by atoms with van der Waals surface area (Å²) in [5.74, 6) is -0.640. The number of halogens is 3. The second kappa shape index (κ2) is 6.55. The minimum Gasteiger partial charge on any atom is -0.468 e. The van der Waals surface area contributed by atoms with E-state index in [1.165, 1.54) is 18.0 Å². The van der Waals surface area contributed by atoms with Crippen molar-refractivity contribution in [1.82, 2.24) is 14.8 Å². The average molecular weight is 333 g/mol. The summed E-state index contributed by atoms with van der Waals surface area (Å²) in [5, 5.41) is 4.11. The SMILES string of the molecule is CCCn1cc2c(C(F)(F)F)cc(SCC(=O)OC)nc2n1. The molecule has 0 atom stereocenters.